The molecular weight excluding hydrogens is 486 g/mol. The van der Waals surface area contributed by atoms with Gasteiger partial charge in [0.05, 0.1) is 41.8 Å². The molecule has 1 fully saturated rings. The van der Waals surface area contributed by atoms with Crippen LogP contribution >= 0.6 is 0 Å². The van der Waals surface area contributed by atoms with Crippen LogP contribution in [-0.2, 0) is 11.8 Å². The van der Waals surface area contributed by atoms with Crippen LogP contribution in [0.3, 0.4) is 0 Å². The van der Waals surface area contributed by atoms with Gasteiger partial charge >= 0.3 is 0 Å². The highest BCUT2D eigenvalue weighted by atomic mass is 16.3. The molecular formula is C25H34N11O2+. The third kappa shape index (κ3) is 5.78. The number of aliphatic hydroxyl groups excluding tert-OH is 1. The topological polar surface area (TPSA) is 148 Å². The molecule has 0 bridgehead atoms. The van der Waals surface area contributed by atoms with Crippen molar-refractivity contribution >= 4 is 52.5 Å². The lowest BCUT2D eigenvalue weighted by molar-refractivity contribution is -0.494. The predicted octanol–water partition coefficient (Wildman–Crippen LogP) is 1.48. The number of pyridine rings is 1. The Balaban J connectivity index is 1.29. The van der Waals surface area contributed by atoms with Crippen LogP contribution in [0.25, 0.3) is 11.0 Å². The van der Waals surface area contributed by atoms with E-state index >= 15 is 0 Å². The van der Waals surface area contributed by atoms with Gasteiger partial charge in [0, 0.05) is 25.8 Å². The number of nitrogens with one attached hydrogen (secondary N) is 3. The fourth-order valence-electron chi connectivity index (χ4n) is 4.94. The Labute approximate surface area is 220 Å². The molecule has 0 radical (unpaired) electrons. The van der Waals surface area contributed by atoms with Gasteiger partial charge in [0.15, 0.2) is 24.6 Å². The number of aryl methyl sites for hydroxylation is 2. The summed E-state index contributed by atoms with van der Waals surface area (Å²) < 4.78 is 3.42. The van der Waals surface area contributed by atoms with Gasteiger partial charge in [0.1, 0.15) is 6.21 Å². The van der Waals surface area contributed by atoms with Crippen molar-refractivity contribution in [3.8, 4) is 0 Å². The van der Waals surface area contributed by atoms with Crippen molar-refractivity contribution in [1.29, 1.82) is 0 Å². The second-order valence-electron chi connectivity index (χ2n) is 9.72. The van der Waals surface area contributed by atoms with Crippen molar-refractivity contribution in [3.63, 3.8) is 0 Å². The number of hydrogen-bond acceptors (Lipinski definition) is 10. The zero-order valence-electron chi connectivity index (χ0n) is 21.9. The molecule has 1 saturated carbocycles. The average Bonchev–Trinajstić information content (AvgIpc) is 3.63. The molecule has 1 aliphatic carbocycles. The highest BCUT2D eigenvalue weighted by Crippen LogP contribution is 2.28. The number of hydrogen-bond donors (Lipinski definition) is 4. The van der Waals surface area contributed by atoms with Gasteiger partial charge in [0.25, 0.3) is 0 Å². The third-order valence-corrected chi connectivity index (χ3v) is 6.86. The Morgan fingerprint density at radius 3 is 2.82 bits per heavy atom. The molecule has 0 aromatic carbocycles. The van der Waals surface area contributed by atoms with E-state index in [1.165, 1.54) is 12.8 Å². The van der Waals surface area contributed by atoms with Crippen LogP contribution in [0.1, 0.15) is 31.4 Å². The molecule has 1 unspecified atom stereocenters. The number of nitrogens with zero attached hydrogens (tertiary/aromatic N) is 8. The van der Waals surface area contributed by atoms with E-state index in [-0.39, 0.29) is 25.1 Å². The molecule has 4 heterocycles. The van der Waals surface area contributed by atoms with Crippen LogP contribution in [0.2, 0.25) is 0 Å². The number of anilines is 4. The van der Waals surface area contributed by atoms with Crippen molar-refractivity contribution in [3.05, 3.63) is 24.2 Å². The fraction of sp³-hybridized carbons (Fsp3) is 0.480. The first kappa shape index (κ1) is 25.7. The minimum absolute atomic E-state index is 0.0356. The number of hydrazone groups is 1. The summed E-state index contributed by atoms with van der Waals surface area (Å²) in [5.41, 5.74) is 2.72. The van der Waals surface area contributed by atoms with Crippen molar-refractivity contribution in [1.82, 2.24) is 29.6 Å². The van der Waals surface area contributed by atoms with E-state index in [1.54, 1.807) is 28.0 Å². The number of rotatable bonds is 10. The summed E-state index contributed by atoms with van der Waals surface area (Å²) in [5, 5.41) is 28.5. The molecule has 13 nitrogen and oxygen atoms in total. The molecule has 13 heteroatoms. The zero-order valence-corrected chi connectivity index (χ0v) is 21.9. The largest absolute Gasteiger partial charge is 0.395 e. The molecule has 38 heavy (non-hydrogen) atoms. The highest BCUT2D eigenvalue weighted by molar-refractivity contribution is 5.94. The van der Waals surface area contributed by atoms with Gasteiger partial charge in [-0.05, 0) is 30.9 Å². The number of aliphatic hydroxyl groups is 1. The van der Waals surface area contributed by atoms with Crippen LogP contribution in [0.15, 0.2) is 23.6 Å². The molecule has 5 rings (SSSR count). The summed E-state index contributed by atoms with van der Waals surface area (Å²) in [6.45, 7) is 2.65. The Morgan fingerprint density at radius 2 is 2.08 bits per heavy atom. The SMILES string of the molecule is Cc1ncc(NC(=O)CN(CCO)C2CCCC2)cc1Nc1nn(C)c2nc(NC3C=N[N+](C)=C3)ncc12. The standard InChI is InChI=1S/C25H33N11O2/c1-16-21(10-17(11-26-16)29-22(38)15-36(8-9-37)19-6-4-5-7-19)31-23-20-13-27-25(32-24(20)35(3)33-23)30-18-12-28-34(2)14-18/h10-14,18-19,37H,4-9,15H2,1-3H3,(H2-,27,29,30,31,32,33,38)/p+1. The summed E-state index contributed by atoms with van der Waals surface area (Å²) in [7, 11) is 3.69. The molecule has 3 aromatic rings. The minimum atomic E-state index is -0.130. The van der Waals surface area contributed by atoms with Crippen LogP contribution in [0, 0.1) is 6.92 Å². The maximum Gasteiger partial charge on any atom is 0.238 e. The molecule has 3 aromatic heterocycles. The fourth-order valence-corrected chi connectivity index (χ4v) is 4.94. The average molecular weight is 521 g/mol. The molecule has 1 amide bonds. The lowest BCUT2D eigenvalue weighted by Crippen LogP contribution is -2.41. The van der Waals surface area contributed by atoms with E-state index in [4.69, 9.17) is 0 Å². The van der Waals surface area contributed by atoms with Gasteiger partial charge < -0.3 is 21.1 Å². The second-order valence-corrected chi connectivity index (χ2v) is 9.72. The normalized spacial score (nSPS) is 17.4. The van der Waals surface area contributed by atoms with Crippen molar-refractivity contribution in [2.24, 2.45) is 12.1 Å². The van der Waals surface area contributed by atoms with Crippen molar-refractivity contribution in [2.45, 2.75) is 44.7 Å². The van der Waals surface area contributed by atoms with Gasteiger partial charge in [-0.25, -0.2) is 9.67 Å². The molecule has 0 spiro atoms. The van der Waals surface area contributed by atoms with E-state index in [9.17, 15) is 9.90 Å². The summed E-state index contributed by atoms with van der Waals surface area (Å²) in [5.74, 6) is 0.936. The Hall–Kier alpha value is -3.97. The van der Waals surface area contributed by atoms with E-state index in [0.29, 0.717) is 41.4 Å². The molecule has 200 valence electrons. The first-order valence-corrected chi connectivity index (χ1v) is 12.9. The van der Waals surface area contributed by atoms with Gasteiger partial charge in [-0.2, -0.15) is 10.1 Å². The zero-order chi connectivity index (χ0) is 26.6. The van der Waals surface area contributed by atoms with Gasteiger partial charge in [0.2, 0.25) is 18.1 Å². The maximum atomic E-state index is 12.8. The molecule has 4 N–H and O–H groups in total. The first-order valence-electron chi connectivity index (χ1n) is 12.9. The molecule has 1 aliphatic heterocycles. The summed E-state index contributed by atoms with van der Waals surface area (Å²) >= 11 is 0. The number of carbonyl (C=O) groups excluding carboxylic acids is 1. The third-order valence-electron chi connectivity index (χ3n) is 6.86. The van der Waals surface area contributed by atoms with Crippen LogP contribution in [-0.4, -0.2) is 96.6 Å². The van der Waals surface area contributed by atoms with E-state index in [1.807, 2.05) is 33.3 Å². The minimum Gasteiger partial charge on any atom is -0.395 e. The lowest BCUT2D eigenvalue weighted by atomic mass is 10.2. The highest BCUT2D eigenvalue weighted by Gasteiger charge is 2.24. The van der Waals surface area contributed by atoms with Crippen LogP contribution in [0.5, 0.6) is 0 Å². The van der Waals surface area contributed by atoms with Crippen LogP contribution < -0.4 is 16.0 Å². The van der Waals surface area contributed by atoms with Gasteiger partial charge in [-0.1, -0.05) is 17.5 Å². The Morgan fingerprint density at radius 1 is 1.26 bits per heavy atom. The van der Waals surface area contributed by atoms with Crippen molar-refractivity contribution in [2.75, 3.05) is 42.7 Å². The Bertz CT molecular complexity index is 1380. The second kappa shape index (κ2) is 11.2. The van der Waals surface area contributed by atoms with Gasteiger partial charge in [-0.3, -0.25) is 14.7 Å². The summed E-state index contributed by atoms with van der Waals surface area (Å²) in [6.07, 6.45) is 11.5. The smallest absolute Gasteiger partial charge is 0.238 e. The lowest BCUT2D eigenvalue weighted by Gasteiger charge is -2.27. The van der Waals surface area contributed by atoms with E-state index < -0.39 is 0 Å². The maximum absolute atomic E-state index is 12.8. The van der Waals surface area contributed by atoms with Gasteiger partial charge in [-0.15, -0.1) is 0 Å². The molecule has 0 saturated heterocycles. The van der Waals surface area contributed by atoms with E-state index in [0.717, 1.165) is 23.9 Å². The van der Waals surface area contributed by atoms with Crippen LogP contribution in [0.4, 0.5) is 23.1 Å². The molecule has 1 atom stereocenters. The summed E-state index contributed by atoms with van der Waals surface area (Å²) in [4.78, 5) is 28.4. The predicted molar refractivity (Wildman–Crippen MR) is 146 cm³/mol. The first-order chi connectivity index (χ1) is 18.4. The number of fused-ring (bicyclic) bond motifs is 1. The molecule has 2 aliphatic rings. The van der Waals surface area contributed by atoms with Crippen molar-refractivity contribution < 1.29 is 14.6 Å². The van der Waals surface area contributed by atoms with E-state index in [2.05, 4.69) is 46.0 Å². The Kier molecular flexibility index (Phi) is 7.56. The number of carbonyl (C=O) groups is 1. The summed E-state index contributed by atoms with van der Waals surface area (Å²) in [6, 6.07) is 2.11. The quantitative estimate of drug-likeness (QED) is 0.292. The number of aromatic nitrogens is 5. The monoisotopic (exact) mass is 520 g/mol. The number of amides is 1.